The van der Waals surface area contributed by atoms with E-state index in [0.29, 0.717) is 19.6 Å². The summed E-state index contributed by atoms with van der Waals surface area (Å²) in [5, 5.41) is 1.05. The van der Waals surface area contributed by atoms with Crippen molar-refractivity contribution in [1.82, 2.24) is 19.8 Å². The first-order valence-corrected chi connectivity index (χ1v) is 10.5. The average molecular weight is 420 g/mol. The third-order valence-electron chi connectivity index (χ3n) is 6.26. The highest BCUT2D eigenvalue weighted by atomic mass is 19.1. The van der Waals surface area contributed by atoms with Gasteiger partial charge in [0.15, 0.2) is 0 Å². The van der Waals surface area contributed by atoms with Gasteiger partial charge in [0.05, 0.1) is 6.54 Å². The fourth-order valence-corrected chi connectivity index (χ4v) is 4.67. The highest BCUT2D eigenvalue weighted by Crippen LogP contribution is 2.42. The number of hydrogen-bond donors (Lipinski definition) is 1. The summed E-state index contributed by atoms with van der Waals surface area (Å²) in [4.78, 5) is 26.3. The predicted molar refractivity (Wildman–Crippen MR) is 121 cm³/mol. The molecule has 2 aliphatic heterocycles. The summed E-state index contributed by atoms with van der Waals surface area (Å²) in [6, 6.07) is 6.94. The maximum absolute atomic E-state index is 14.1. The Morgan fingerprint density at radius 1 is 1.23 bits per heavy atom. The van der Waals surface area contributed by atoms with E-state index in [1.807, 2.05) is 19.2 Å². The maximum atomic E-state index is 14.1. The number of nitrogens with zero attached hydrogens (tertiary/aromatic N) is 4. The number of likely N-dealkylation sites (N-methyl/N-ethyl adjacent to an activating group) is 1. The van der Waals surface area contributed by atoms with E-state index >= 15 is 0 Å². The van der Waals surface area contributed by atoms with Crippen molar-refractivity contribution >= 4 is 28.2 Å². The van der Waals surface area contributed by atoms with Crippen LogP contribution < -0.4 is 4.90 Å². The molecule has 1 N–H and O–H groups in total. The van der Waals surface area contributed by atoms with Gasteiger partial charge in [-0.05, 0) is 41.8 Å². The van der Waals surface area contributed by atoms with Gasteiger partial charge in [-0.2, -0.15) is 0 Å². The van der Waals surface area contributed by atoms with Crippen LogP contribution in [0.15, 0.2) is 36.5 Å². The molecule has 0 fully saturated rings. The Labute approximate surface area is 181 Å². The quantitative estimate of drug-likeness (QED) is 0.706. The van der Waals surface area contributed by atoms with Gasteiger partial charge in [0.25, 0.3) is 0 Å². The van der Waals surface area contributed by atoms with Crippen LogP contribution in [0.5, 0.6) is 0 Å². The van der Waals surface area contributed by atoms with Crippen LogP contribution in [0.4, 0.5) is 10.1 Å². The zero-order chi connectivity index (χ0) is 21.7. The Hall–Kier alpha value is -3.19. The second-order valence-electron chi connectivity index (χ2n) is 8.60. The van der Waals surface area contributed by atoms with E-state index in [-0.39, 0.29) is 11.7 Å². The van der Waals surface area contributed by atoms with Gasteiger partial charge >= 0.3 is 0 Å². The maximum Gasteiger partial charge on any atom is 0.236 e. The zero-order valence-electron chi connectivity index (χ0n) is 18.1. The summed E-state index contributed by atoms with van der Waals surface area (Å²) >= 11 is 0. The van der Waals surface area contributed by atoms with E-state index in [0.717, 1.165) is 46.5 Å². The van der Waals surface area contributed by atoms with E-state index in [4.69, 9.17) is 0 Å². The third kappa shape index (κ3) is 3.39. The number of pyridine rings is 1. The number of amides is 1. The molecular weight excluding hydrogens is 393 g/mol. The fraction of sp³-hybridized carbons (Fsp3) is 0.333. The van der Waals surface area contributed by atoms with Crippen molar-refractivity contribution in [3.8, 4) is 11.1 Å². The molecule has 0 saturated carbocycles. The van der Waals surface area contributed by atoms with E-state index < -0.39 is 0 Å². The van der Waals surface area contributed by atoms with Gasteiger partial charge in [0, 0.05) is 74.9 Å². The number of aromatic amines is 1. The number of hydrogen-bond acceptors (Lipinski definition) is 4. The largest absolute Gasteiger partial charge is 0.370 e. The number of anilines is 1. The van der Waals surface area contributed by atoms with Crippen molar-refractivity contribution in [1.29, 1.82) is 0 Å². The van der Waals surface area contributed by atoms with Crippen LogP contribution in [0.2, 0.25) is 0 Å². The third-order valence-corrected chi connectivity index (χ3v) is 6.26. The van der Waals surface area contributed by atoms with Gasteiger partial charge in [0.2, 0.25) is 5.91 Å². The molecule has 3 aromatic rings. The van der Waals surface area contributed by atoms with Crippen LogP contribution in [0.25, 0.3) is 27.7 Å². The summed E-state index contributed by atoms with van der Waals surface area (Å²) in [6.45, 7) is 2.68. The Morgan fingerprint density at radius 3 is 2.87 bits per heavy atom. The van der Waals surface area contributed by atoms with Crippen molar-refractivity contribution in [2.75, 3.05) is 45.7 Å². The molecule has 2 aromatic heterocycles. The molecule has 0 spiro atoms. The first-order valence-electron chi connectivity index (χ1n) is 10.5. The van der Waals surface area contributed by atoms with Crippen molar-refractivity contribution in [3.63, 3.8) is 0 Å². The Bertz CT molecular complexity index is 1210. The van der Waals surface area contributed by atoms with Crippen LogP contribution in [0.3, 0.4) is 0 Å². The summed E-state index contributed by atoms with van der Waals surface area (Å²) in [6.07, 6.45) is 4.93. The molecule has 2 aliphatic rings. The van der Waals surface area contributed by atoms with E-state index in [1.165, 1.54) is 17.2 Å². The normalized spacial score (nSPS) is 16.1. The van der Waals surface area contributed by atoms with E-state index in [9.17, 15) is 9.18 Å². The summed E-state index contributed by atoms with van der Waals surface area (Å²) in [7, 11) is 5.62. The number of rotatable bonds is 3. The molecule has 1 amide bonds. The topological polar surface area (TPSA) is 55.5 Å². The second-order valence-corrected chi connectivity index (χ2v) is 8.60. The summed E-state index contributed by atoms with van der Waals surface area (Å²) in [5.74, 6) is -0.135. The molecule has 0 atom stereocenters. The first kappa shape index (κ1) is 19.8. The van der Waals surface area contributed by atoms with Gasteiger partial charge in [-0.1, -0.05) is 6.08 Å². The average Bonchev–Trinajstić information content (AvgIpc) is 3.06. The number of fused-ring (bicyclic) bond motifs is 2. The number of benzene rings is 1. The van der Waals surface area contributed by atoms with Gasteiger partial charge in [-0.25, -0.2) is 9.37 Å². The molecule has 7 heteroatoms. The number of nitrogens with one attached hydrogen (secondary N) is 1. The predicted octanol–water partition coefficient (Wildman–Crippen LogP) is 3.50. The van der Waals surface area contributed by atoms with Gasteiger partial charge in [0.1, 0.15) is 11.5 Å². The molecule has 6 nitrogen and oxygen atoms in total. The summed E-state index contributed by atoms with van der Waals surface area (Å²) in [5.41, 5.74) is 7.12. The molecule has 0 saturated heterocycles. The van der Waals surface area contributed by atoms with Crippen molar-refractivity contribution < 1.29 is 9.18 Å². The Morgan fingerprint density at radius 2 is 2.06 bits per heavy atom. The molecule has 4 heterocycles. The minimum absolute atomic E-state index is 0.109. The van der Waals surface area contributed by atoms with Crippen LogP contribution in [0, 0.1) is 5.82 Å². The lowest BCUT2D eigenvalue weighted by Crippen LogP contribution is -2.39. The minimum Gasteiger partial charge on any atom is -0.370 e. The minimum atomic E-state index is -0.243. The van der Waals surface area contributed by atoms with E-state index in [1.54, 1.807) is 31.3 Å². The Balaban J connectivity index is 1.59. The fourth-order valence-electron chi connectivity index (χ4n) is 4.67. The van der Waals surface area contributed by atoms with Crippen molar-refractivity contribution in [2.45, 2.75) is 13.0 Å². The highest BCUT2D eigenvalue weighted by Gasteiger charge is 2.27. The zero-order valence-corrected chi connectivity index (χ0v) is 18.1. The lowest BCUT2D eigenvalue weighted by Gasteiger charge is -2.28. The van der Waals surface area contributed by atoms with Crippen LogP contribution in [-0.4, -0.2) is 66.5 Å². The molecule has 0 bridgehead atoms. The van der Waals surface area contributed by atoms with Crippen molar-refractivity contribution in [2.24, 2.45) is 0 Å². The molecular formula is C24H26FN5O. The molecule has 1 aromatic carbocycles. The van der Waals surface area contributed by atoms with Crippen molar-refractivity contribution in [3.05, 3.63) is 53.6 Å². The highest BCUT2D eigenvalue weighted by molar-refractivity contribution is 6.02. The van der Waals surface area contributed by atoms with Crippen LogP contribution >= 0.6 is 0 Å². The molecule has 0 aliphatic carbocycles. The second kappa shape index (κ2) is 7.50. The molecule has 0 radical (unpaired) electrons. The number of carbonyl (C=O) groups is 1. The monoisotopic (exact) mass is 419 g/mol. The Kier molecular flexibility index (Phi) is 4.78. The lowest BCUT2D eigenvalue weighted by atomic mass is 9.98. The van der Waals surface area contributed by atoms with Gasteiger partial charge < -0.3 is 14.8 Å². The van der Waals surface area contributed by atoms with Gasteiger partial charge in [-0.3, -0.25) is 9.69 Å². The lowest BCUT2D eigenvalue weighted by molar-refractivity contribution is -0.129. The summed E-state index contributed by atoms with van der Waals surface area (Å²) < 4.78 is 14.1. The SMILES string of the molecule is CN(C)C(=O)CN1CCC=C(c2[nH]c3nccc4c3c2CN(C)c2ccc(F)cc2-4)C1. The molecule has 5 rings (SSSR count). The smallest absolute Gasteiger partial charge is 0.236 e. The van der Waals surface area contributed by atoms with Crippen LogP contribution in [-0.2, 0) is 11.3 Å². The molecule has 160 valence electrons. The number of aromatic nitrogens is 2. The van der Waals surface area contributed by atoms with E-state index in [2.05, 4.69) is 25.8 Å². The van der Waals surface area contributed by atoms with Gasteiger partial charge in [-0.15, -0.1) is 0 Å². The van der Waals surface area contributed by atoms with Crippen LogP contribution in [0.1, 0.15) is 17.7 Å². The molecule has 31 heavy (non-hydrogen) atoms. The molecule has 0 unspecified atom stereocenters. The number of halogens is 1. The first-order chi connectivity index (χ1) is 14.9. The standard InChI is InChI=1S/C24H26FN5O/c1-28(2)21(31)14-30-10-4-5-15(12-30)23-19-13-29(3)20-7-6-16(25)11-18(20)17-8-9-26-24(27-23)22(17)19/h5-9,11H,4,10,12-14H2,1-3H3,(H,26,27). The number of carbonyl (C=O) groups excluding carboxylic acids is 1. The number of H-pyrrole nitrogens is 1.